The van der Waals surface area contributed by atoms with Crippen LogP contribution in [0.2, 0.25) is 0 Å². The average Bonchev–Trinajstić information content (AvgIpc) is 2.78. The van der Waals surface area contributed by atoms with Crippen LogP contribution in [0.15, 0.2) is 12.5 Å². The Balaban J connectivity index is 1.78. The van der Waals surface area contributed by atoms with Crippen LogP contribution in [0.4, 0.5) is 0 Å². The van der Waals surface area contributed by atoms with Crippen molar-refractivity contribution in [3.05, 3.63) is 18.2 Å². The second-order valence-corrected chi connectivity index (χ2v) is 4.53. The number of aromatic nitrogens is 2. The summed E-state index contributed by atoms with van der Waals surface area (Å²) in [6.07, 6.45) is 6.09. The van der Waals surface area contributed by atoms with E-state index in [1.807, 2.05) is 6.20 Å². The molecule has 1 fully saturated rings. The minimum atomic E-state index is 0.0265. The van der Waals surface area contributed by atoms with Gasteiger partial charge in [-0.25, -0.2) is 4.98 Å². The van der Waals surface area contributed by atoms with Crippen LogP contribution in [-0.2, 0) is 22.5 Å². The van der Waals surface area contributed by atoms with E-state index in [1.54, 1.807) is 10.9 Å². The number of hydrogen-bond acceptors (Lipinski definition) is 4. The van der Waals surface area contributed by atoms with E-state index < -0.39 is 0 Å². The maximum Gasteiger partial charge on any atom is 0.240 e. The molecule has 0 spiro atoms. The highest BCUT2D eigenvalue weighted by atomic mass is 16.5. The summed E-state index contributed by atoms with van der Waals surface area (Å²) in [7, 11) is 0. The fraction of sp³-hybridized carbons (Fsp3) is 0.667. The molecule has 0 saturated carbocycles. The zero-order chi connectivity index (χ0) is 12.8. The molecule has 0 atom stereocenters. The zero-order valence-corrected chi connectivity index (χ0v) is 10.5. The highest BCUT2D eigenvalue weighted by Gasteiger charge is 2.16. The normalized spacial score (nSPS) is 16.7. The van der Waals surface area contributed by atoms with Crippen LogP contribution in [0.5, 0.6) is 0 Å². The standard InChI is InChI=1S/C12H20N4O2/c13-4-1-11-7-16(9-14-11)8-12(17)15-10-2-5-18-6-3-10/h7,9-10H,1-6,8,13H2,(H,15,17). The van der Waals surface area contributed by atoms with Crippen molar-refractivity contribution < 1.29 is 9.53 Å². The van der Waals surface area contributed by atoms with E-state index in [-0.39, 0.29) is 11.9 Å². The molecule has 0 unspecified atom stereocenters. The minimum Gasteiger partial charge on any atom is -0.381 e. The van der Waals surface area contributed by atoms with Crippen molar-refractivity contribution in [2.45, 2.75) is 31.8 Å². The number of nitrogens with zero attached hydrogens (tertiary/aromatic N) is 2. The largest absolute Gasteiger partial charge is 0.381 e. The van der Waals surface area contributed by atoms with Gasteiger partial charge in [0.05, 0.1) is 12.0 Å². The summed E-state index contributed by atoms with van der Waals surface area (Å²) in [6.45, 7) is 2.35. The number of carbonyl (C=O) groups excluding carboxylic acids is 1. The fourth-order valence-corrected chi connectivity index (χ4v) is 2.05. The third-order valence-corrected chi connectivity index (χ3v) is 3.00. The molecular weight excluding hydrogens is 232 g/mol. The Morgan fingerprint density at radius 3 is 3.06 bits per heavy atom. The van der Waals surface area contributed by atoms with Crippen LogP contribution in [0.1, 0.15) is 18.5 Å². The van der Waals surface area contributed by atoms with Gasteiger partial charge >= 0.3 is 0 Å². The summed E-state index contributed by atoms with van der Waals surface area (Å²) >= 11 is 0. The lowest BCUT2D eigenvalue weighted by molar-refractivity contribution is -0.122. The zero-order valence-electron chi connectivity index (χ0n) is 10.5. The van der Waals surface area contributed by atoms with Gasteiger partial charge in [-0.2, -0.15) is 0 Å². The Morgan fingerprint density at radius 2 is 2.33 bits per heavy atom. The Hall–Kier alpha value is -1.40. The Morgan fingerprint density at radius 1 is 1.56 bits per heavy atom. The van der Waals surface area contributed by atoms with E-state index >= 15 is 0 Å². The van der Waals surface area contributed by atoms with Crippen LogP contribution in [0.3, 0.4) is 0 Å². The van der Waals surface area contributed by atoms with E-state index in [2.05, 4.69) is 10.3 Å². The Kier molecular flexibility index (Phi) is 4.72. The third-order valence-electron chi connectivity index (χ3n) is 3.00. The monoisotopic (exact) mass is 252 g/mol. The molecule has 18 heavy (non-hydrogen) atoms. The number of nitrogens with one attached hydrogen (secondary N) is 1. The van der Waals surface area contributed by atoms with Gasteiger partial charge in [-0.05, 0) is 19.4 Å². The first kappa shape index (κ1) is 13.0. The minimum absolute atomic E-state index is 0.0265. The molecule has 3 N–H and O–H groups in total. The van der Waals surface area contributed by atoms with Crippen molar-refractivity contribution >= 4 is 5.91 Å². The molecule has 2 rings (SSSR count). The van der Waals surface area contributed by atoms with E-state index in [9.17, 15) is 4.79 Å². The third kappa shape index (κ3) is 3.82. The van der Waals surface area contributed by atoms with Crippen LogP contribution in [0.25, 0.3) is 0 Å². The number of imidazole rings is 1. The predicted octanol–water partition coefficient (Wildman–Crippen LogP) is -0.321. The molecule has 1 saturated heterocycles. The first-order valence-corrected chi connectivity index (χ1v) is 6.36. The summed E-state index contributed by atoms with van der Waals surface area (Å²) in [5.41, 5.74) is 6.38. The quantitative estimate of drug-likeness (QED) is 0.752. The smallest absolute Gasteiger partial charge is 0.240 e. The van der Waals surface area contributed by atoms with E-state index in [0.29, 0.717) is 13.1 Å². The summed E-state index contributed by atoms with van der Waals surface area (Å²) < 4.78 is 7.04. The van der Waals surface area contributed by atoms with Gasteiger partial charge in [0.1, 0.15) is 6.54 Å². The first-order chi connectivity index (χ1) is 8.78. The number of ether oxygens (including phenoxy) is 1. The number of rotatable bonds is 5. The van der Waals surface area contributed by atoms with Gasteiger partial charge in [0.25, 0.3) is 0 Å². The van der Waals surface area contributed by atoms with Crippen molar-refractivity contribution in [2.24, 2.45) is 5.73 Å². The average molecular weight is 252 g/mol. The maximum atomic E-state index is 11.8. The highest BCUT2D eigenvalue weighted by molar-refractivity contribution is 5.76. The summed E-state index contributed by atoms with van der Waals surface area (Å²) in [6, 6.07) is 0.248. The Bertz CT molecular complexity index is 385. The molecule has 6 nitrogen and oxygen atoms in total. The number of carbonyl (C=O) groups is 1. The van der Waals surface area contributed by atoms with E-state index in [1.165, 1.54) is 0 Å². The molecule has 0 radical (unpaired) electrons. The van der Waals surface area contributed by atoms with Gasteiger partial charge in [0.15, 0.2) is 0 Å². The summed E-state index contributed by atoms with van der Waals surface area (Å²) in [5.74, 6) is 0.0265. The predicted molar refractivity (Wildman–Crippen MR) is 67.0 cm³/mol. The molecule has 0 aliphatic carbocycles. The van der Waals surface area contributed by atoms with Gasteiger partial charge in [-0.3, -0.25) is 4.79 Å². The van der Waals surface area contributed by atoms with E-state index in [0.717, 1.165) is 38.2 Å². The lowest BCUT2D eigenvalue weighted by Crippen LogP contribution is -2.40. The summed E-state index contributed by atoms with van der Waals surface area (Å²) in [4.78, 5) is 16.0. The van der Waals surface area contributed by atoms with Gasteiger partial charge in [-0.15, -0.1) is 0 Å². The van der Waals surface area contributed by atoms with Gasteiger partial charge in [0.2, 0.25) is 5.91 Å². The highest BCUT2D eigenvalue weighted by Crippen LogP contribution is 2.06. The van der Waals surface area contributed by atoms with Crippen molar-refractivity contribution in [1.29, 1.82) is 0 Å². The van der Waals surface area contributed by atoms with Crippen molar-refractivity contribution in [3.8, 4) is 0 Å². The molecule has 1 aliphatic heterocycles. The second-order valence-electron chi connectivity index (χ2n) is 4.53. The van der Waals surface area contributed by atoms with Crippen LogP contribution < -0.4 is 11.1 Å². The molecular formula is C12H20N4O2. The number of nitrogens with two attached hydrogens (primary N) is 1. The SMILES string of the molecule is NCCc1cn(CC(=O)NC2CCOCC2)cn1. The fourth-order valence-electron chi connectivity index (χ4n) is 2.05. The van der Waals surface area contributed by atoms with Gasteiger partial charge in [-0.1, -0.05) is 0 Å². The van der Waals surface area contributed by atoms with Crippen molar-refractivity contribution in [2.75, 3.05) is 19.8 Å². The lowest BCUT2D eigenvalue weighted by atomic mass is 10.1. The Labute approximate surface area is 107 Å². The molecule has 1 amide bonds. The van der Waals surface area contributed by atoms with E-state index in [4.69, 9.17) is 10.5 Å². The molecule has 2 heterocycles. The number of amides is 1. The van der Waals surface area contributed by atoms with Gasteiger partial charge < -0.3 is 20.4 Å². The van der Waals surface area contributed by atoms with Crippen LogP contribution in [0, 0.1) is 0 Å². The molecule has 6 heteroatoms. The molecule has 0 bridgehead atoms. The topological polar surface area (TPSA) is 82.2 Å². The first-order valence-electron chi connectivity index (χ1n) is 6.36. The maximum absolute atomic E-state index is 11.8. The second kappa shape index (κ2) is 6.51. The molecule has 1 aromatic rings. The molecule has 100 valence electrons. The molecule has 1 aliphatic rings. The summed E-state index contributed by atoms with van der Waals surface area (Å²) in [5, 5.41) is 3.02. The lowest BCUT2D eigenvalue weighted by Gasteiger charge is -2.23. The number of hydrogen-bond donors (Lipinski definition) is 2. The van der Waals surface area contributed by atoms with Crippen LogP contribution in [-0.4, -0.2) is 41.3 Å². The van der Waals surface area contributed by atoms with Gasteiger partial charge in [0, 0.05) is 31.9 Å². The van der Waals surface area contributed by atoms with Crippen molar-refractivity contribution in [1.82, 2.24) is 14.9 Å². The van der Waals surface area contributed by atoms with Crippen molar-refractivity contribution in [3.63, 3.8) is 0 Å². The molecule has 1 aromatic heterocycles. The molecule has 0 aromatic carbocycles. The van der Waals surface area contributed by atoms with Crippen LogP contribution >= 0.6 is 0 Å².